The average Bonchev–Trinajstić information content (AvgIpc) is 3.11. The number of nitrogens with one attached hydrogen (secondary N) is 2. The van der Waals surface area contributed by atoms with Gasteiger partial charge in [-0.3, -0.25) is 0 Å². The van der Waals surface area contributed by atoms with Gasteiger partial charge in [0.2, 0.25) is 0 Å². The first-order valence-corrected chi connectivity index (χ1v) is 15.4. The Morgan fingerprint density at radius 3 is 0.614 bits per heavy atom. The van der Waals surface area contributed by atoms with Gasteiger partial charge in [0, 0.05) is 0 Å². The van der Waals surface area contributed by atoms with Crippen LogP contribution in [-0.4, -0.2) is 9.98 Å². The highest BCUT2D eigenvalue weighted by Gasteiger charge is 2.40. The van der Waals surface area contributed by atoms with Gasteiger partial charge in [0.25, 0.3) is 0 Å². The highest BCUT2D eigenvalue weighted by molar-refractivity contribution is 7.89. The molecule has 0 spiro atoms. The van der Waals surface area contributed by atoms with Crippen molar-refractivity contribution in [3.63, 3.8) is 0 Å². The van der Waals surface area contributed by atoms with Crippen molar-refractivity contribution in [1.29, 1.82) is 0 Å². The zero-order chi connectivity index (χ0) is 30.2. The second kappa shape index (κ2) is 13.2. The van der Waals surface area contributed by atoms with E-state index in [1.54, 1.807) is 0 Å². The summed E-state index contributed by atoms with van der Waals surface area (Å²) in [6.07, 6.45) is 0. The molecule has 0 saturated carbocycles. The van der Waals surface area contributed by atoms with Gasteiger partial charge in [-0.15, -0.1) is 0 Å². The second-order valence-electron chi connectivity index (χ2n) is 10.6. The van der Waals surface area contributed by atoms with Gasteiger partial charge < -0.3 is 10.6 Å². The zero-order valence-electron chi connectivity index (χ0n) is 24.1. The molecule has 44 heavy (non-hydrogen) atoms. The maximum Gasteiger partial charge on any atom is 0.135 e. The molecule has 0 atom stereocenters. The molecule has 0 aliphatic heterocycles. The van der Waals surface area contributed by atoms with Gasteiger partial charge in [-0.25, -0.2) is 0 Å². The van der Waals surface area contributed by atoms with Crippen molar-refractivity contribution in [2.24, 2.45) is 0 Å². The van der Waals surface area contributed by atoms with E-state index in [4.69, 9.17) is 24.4 Å². The van der Waals surface area contributed by atoms with Gasteiger partial charge >= 0.3 is 0 Å². The van der Waals surface area contributed by atoms with Crippen LogP contribution in [0.4, 0.5) is 0 Å². The van der Waals surface area contributed by atoms with E-state index in [-0.39, 0.29) is 0 Å². The molecule has 6 aromatic rings. The molecule has 0 radical (unpaired) electrons. The molecule has 6 rings (SSSR count). The lowest BCUT2D eigenvalue weighted by Gasteiger charge is -2.40. The van der Waals surface area contributed by atoms with Gasteiger partial charge in [0.1, 0.15) is 21.1 Å². The van der Waals surface area contributed by atoms with Crippen molar-refractivity contribution in [1.82, 2.24) is 10.6 Å². The molecule has 0 fully saturated rings. The average molecular weight is 605 g/mol. The van der Waals surface area contributed by atoms with Gasteiger partial charge in [-0.05, 0) is 33.4 Å². The molecule has 0 bridgehead atoms. The van der Waals surface area contributed by atoms with Crippen molar-refractivity contribution < 1.29 is 0 Å². The quantitative estimate of drug-likeness (QED) is 0.134. The Morgan fingerprint density at radius 2 is 0.455 bits per heavy atom. The zero-order valence-corrected chi connectivity index (χ0v) is 25.8. The van der Waals surface area contributed by atoms with Gasteiger partial charge in [-0.2, -0.15) is 0 Å². The summed E-state index contributed by atoms with van der Waals surface area (Å²) in [6, 6.07) is 62.5. The Labute approximate surface area is 270 Å². The smallest absolute Gasteiger partial charge is 0.135 e. The van der Waals surface area contributed by atoms with Crippen molar-refractivity contribution in [3.05, 3.63) is 215 Å². The van der Waals surface area contributed by atoms with Crippen LogP contribution in [0.25, 0.3) is 0 Å². The van der Waals surface area contributed by atoms with Crippen LogP contribution in [0, 0.1) is 0 Å². The summed E-state index contributed by atoms with van der Waals surface area (Å²) < 4.78 is 0. The first-order chi connectivity index (χ1) is 21.6. The van der Waals surface area contributed by atoms with Crippen LogP contribution in [-0.2, 0) is 11.1 Å². The lowest BCUT2D eigenvalue weighted by Crippen LogP contribution is -2.55. The van der Waals surface area contributed by atoms with E-state index in [1.165, 1.54) is 0 Å². The summed E-state index contributed by atoms with van der Waals surface area (Å²) in [5, 5.41) is 7.57. The van der Waals surface area contributed by atoms with E-state index in [9.17, 15) is 0 Å². The van der Waals surface area contributed by atoms with E-state index in [0.29, 0.717) is 9.98 Å². The topological polar surface area (TPSA) is 24.1 Å². The first-order valence-electron chi connectivity index (χ1n) is 14.6. The summed E-state index contributed by atoms with van der Waals surface area (Å²) in [4.78, 5) is 0.896. The molecule has 0 unspecified atom stereocenters. The summed E-state index contributed by atoms with van der Waals surface area (Å²) in [5.41, 5.74) is 4.77. The molecule has 0 heterocycles. The standard InChI is InChI=1S/C40H32N2S2/c43-37(41-39(31-19-7-1-8-20-31,32-21-9-2-10-22-32)33-23-11-3-12-24-33)38(44)42-40(34-25-13-4-14-26-34,35-27-15-5-16-28-35)36-29-17-6-18-30-36/h1-30H,(H,41,43)(H,42,44). The molecule has 2 nitrogen and oxygen atoms in total. The second-order valence-corrected chi connectivity index (χ2v) is 11.4. The molecule has 0 aliphatic carbocycles. The van der Waals surface area contributed by atoms with Crippen molar-refractivity contribution in [2.75, 3.05) is 0 Å². The number of hydrogen-bond donors (Lipinski definition) is 2. The summed E-state index contributed by atoms with van der Waals surface area (Å²) >= 11 is 12.5. The Hall–Kier alpha value is -4.90. The molecule has 0 saturated heterocycles. The molecule has 214 valence electrons. The Balaban J connectivity index is 1.49. The number of thiocarbonyl (C=S) groups is 2. The van der Waals surface area contributed by atoms with Crippen LogP contribution in [0.1, 0.15) is 33.4 Å². The Kier molecular flexibility index (Phi) is 8.74. The van der Waals surface area contributed by atoms with E-state index < -0.39 is 11.1 Å². The van der Waals surface area contributed by atoms with Gasteiger partial charge in [0.15, 0.2) is 0 Å². The van der Waals surface area contributed by atoms with Crippen LogP contribution in [0.3, 0.4) is 0 Å². The van der Waals surface area contributed by atoms with Crippen molar-refractivity contribution in [2.45, 2.75) is 11.1 Å². The molecule has 4 heteroatoms. The fraction of sp³-hybridized carbons (Fsp3) is 0.0500. The van der Waals surface area contributed by atoms with Crippen LogP contribution >= 0.6 is 24.4 Å². The Morgan fingerprint density at radius 1 is 0.295 bits per heavy atom. The normalized spacial score (nSPS) is 11.4. The van der Waals surface area contributed by atoms with Gasteiger partial charge in [-0.1, -0.05) is 206 Å². The number of rotatable bonds is 8. The van der Waals surface area contributed by atoms with E-state index in [1.807, 2.05) is 36.4 Å². The molecular weight excluding hydrogens is 573 g/mol. The predicted molar refractivity (Wildman–Crippen MR) is 190 cm³/mol. The van der Waals surface area contributed by atoms with Crippen LogP contribution in [0.15, 0.2) is 182 Å². The molecular formula is C40H32N2S2. The summed E-state index contributed by atoms with van der Waals surface area (Å²) in [7, 11) is 0. The molecule has 2 N–H and O–H groups in total. The van der Waals surface area contributed by atoms with Crippen LogP contribution in [0.2, 0.25) is 0 Å². The van der Waals surface area contributed by atoms with E-state index in [0.717, 1.165) is 33.4 Å². The highest BCUT2D eigenvalue weighted by atomic mass is 32.1. The third-order valence-electron chi connectivity index (χ3n) is 8.05. The van der Waals surface area contributed by atoms with Crippen molar-refractivity contribution >= 4 is 34.4 Å². The molecule has 0 amide bonds. The van der Waals surface area contributed by atoms with Crippen LogP contribution in [0.5, 0.6) is 0 Å². The molecule has 0 aromatic heterocycles. The summed E-state index contributed by atoms with van der Waals surface area (Å²) in [5.74, 6) is 0. The fourth-order valence-corrected chi connectivity index (χ4v) is 6.42. The third kappa shape index (κ3) is 5.58. The minimum atomic E-state index is -0.790. The van der Waals surface area contributed by atoms with Gasteiger partial charge in [0.05, 0.1) is 0 Å². The lowest BCUT2D eigenvalue weighted by molar-refractivity contribution is 0.568. The lowest BCUT2D eigenvalue weighted by atomic mass is 9.76. The first kappa shape index (κ1) is 29.2. The third-order valence-corrected chi connectivity index (χ3v) is 8.79. The van der Waals surface area contributed by atoms with Crippen LogP contribution < -0.4 is 10.6 Å². The molecule has 6 aromatic carbocycles. The Bertz CT molecular complexity index is 1480. The number of benzene rings is 6. The minimum Gasteiger partial charge on any atom is -0.357 e. The largest absolute Gasteiger partial charge is 0.357 e. The monoisotopic (exact) mass is 604 g/mol. The maximum absolute atomic E-state index is 6.23. The highest BCUT2D eigenvalue weighted by Crippen LogP contribution is 2.39. The molecule has 0 aliphatic rings. The maximum atomic E-state index is 6.23. The fourth-order valence-electron chi connectivity index (χ4n) is 6.02. The number of hydrogen-bond acceptors (Lipinski definition) is 2. The minimum absolute atomic E-state index is 0.448. The van der Waals surface area contributed by atoms with E-state index >= 15 is 0 Å². The van der Waals surface area contributed by atoms with E-state index in [2.05, 4.69) is 156 Å². The predicted octanol–water partition coefficient (Wildman–Crippen LogP) is 8.80. The van der Waals surface area contributed by atoms with Crippen molar-refractivity contribution in [3.8, 4) is 0 Å². The summed E-state index contributed by atoms with van der Waals surface area (Å²) in [6.45, 7) is 0. The SMILES string of the molecule is S=C(NC(c1ccccc1)(c1ccccc1)c1ccccc1)C(=S)NC(c1ccccc1)(c1ccccc1)c1ccccc1.